The zero-order valence-corrected chi connectivity index (χ0v) is 23.3. The molecule has 0 saturated carbocycles. The topological polar surface area (TPSA) is 44.9 Å². The minimum Gasteiger partial charge on any atom is -0.400 e. The third kappa shape index (κ3) is 6.52. The van der Waals surface area contributed by atoms with E-state index in [0.717, 1.165) is 66.1 Å². The molecular formula is C34H40N4. The van der Waals surface area contributed by atoms with Gasteiger partial charge >= 0.3 is 0 Å². The van der Waals surface area contributed by atoms with Gasteiger partial charge in [0.1, 0.15) is 0 Å². The second kappa shape index (κ2) is 12.1. The predicted octanol–water partition coefficient (Wildman–Crippen LogP) is 6.47. The van der Waals surface area contributed by atoms with E-state index in [2.05, 4.69) is 104 Å². The maximum atomic E-state index is 6.36. The van der Waals surface area contributed by atoms with Crippen LogP contribution in [0.5, 0.6) is 0 Å². The highest BCUT2D eigenvalue weighted by Crippen LogP contribution is 2.29. The van der Waals surface area contributed by atoms with Gasteiger partial charge in [-0.2, -0.15) is 0 Å². The average Bonchev–Trinajstić information content (AvgIpc) is 2.92. The molecule has 0 radical (unpaired) electrons. The lowest BCUT2D eigenvalue weighted by Crippen LogP contribution is -2.44. The number of nitrogens with zero attached hydrogens (tertiary/aromatic N) is 3. The molecule has 1 unspecified atom stereocenters. The van der Waals surface area contributed by atoms with E-state index < -0.39 is 0 Å². The summed E-state index contributed by atoms with van der Waals surface area (Å²) in [7, 11) is 2.18. The Balaban J connectivity index is 1.54. The molecule has 1 aliphatic carbocycles. The van der Waals surface area contributed by atoms with Crippen molar-refractivity contribution in [2.45, 2.75) is 33.2 Å². The van der Waals surface area contributed by atoms with Crippen LogP contribution in [0.25, 0.3) is 16.7 Å². The van der Waals surface area contributed by atoms with Crippen LogP contribution in [0.15, 0.2) is 96.0 Å². The van der Waals surface area contributed by atoms with Gasteiger partial charge in [-0.25, -0.2) is 0 Å². The number of aryl methyl sites for hydroxylation is 1. The van der Waals surface area contributed by atoms with E-state index in [4.69, 9.17) is 10.7 Å². The van der Waals surface area contributed by atoms with Crippen molar-refractivity contribution in [3.8, 4) is 0 Å². The van der Waals surface area contributed by atoms with E-state index in [0.29, 0.717) is 0 Å². The van der Waals surface area contributed by atoms with Gasteiger partial charge in [-0.15, -0.1) is 5.73 Å². The summed E-state index contributed by atoms with van der Waals surface area (Å²) in [6, 6.07) is 14.9. The first kappa shape index (κ1) is 27.2. The van der Waals surface area contributed by atoms with Crippen LogP contribution in [-0.4, -0.2) is 55.3 Å². The molecule has 196 valence electrons. The molecule has 2 aromatic carbocycles. The lowest BCUT2D eigenvalue weighted by atomic mass is 9.92. The molecule has 1 fully saturated rings. The first-order chi connectivity index (χ1) is 18.2. The number of hydrogen-bond donors (Lipinski definition) is 1. The summed E-state index contributed by atoms with van der Waals surface area (Å²) >= 11 is 0. The van der Waals surface area contributed by atoms with Crippen molar-refractivity contribution in [3.05, 3.63) is 119 Å². The van der Waals surface area contributed by atoms with Gasteiger partial charge in [0.05, 0.1) is 6.04 Å². The lowest BCUT2D eigenvalue weighted by Gasteiger charge is -2.37. The molecule has 4 rings (SSSR count). The molecule has 0 spiro atoms. The third-order valence-electron chi connectivity index (χ3n) is 7.49. The van der Waals surface area contributed by atoms with E-state index in [1.165, 1.54) is 22.4 Å². The molecule has 4 heteroatoms. The lowest BCUT2D eigenvalue weighted by molar-refractivity contribution is 0.181. The number of aliphatic imine (C=N–C) groups is 1. The molecule has 38 heavy (non-hydrogen) atoms. The van der Waals surface area contributed by atoms with Crippen LogP contribution >= 0.6 is 0 Å². The molecule has 0 amide bonds. The fourth-order valence-corrected chi connectivity index (χ4v) is 4.97. The van der Waals surface area contributed by atoms with E-state index >= 15 is 0 Å². The van der Waals surface area contributed by atoms with E-state index in [-0.39, 0.29) is 6.04 Å². The molecule has 1 atom stereocenters. The van der Waals surface area contributed by atoms with Gasteiger partial charge in [0.2, 0.25) is 0 Å². The summed E-state index contributed by atoms with van der Waals surface area (Å²) in [4.78, 5) is 9.75. The van der Waals surface area contributed by atoms with Gasteiger partial charge in [0.25, 0.3) is 0 Å². The molecule has 1 aliphatic heterocycles. The quantitative estimate of drug-likeness (QED) is 0.267. The predicted molar refractivity (Wildman–Crippen MR) is 164 cm³/mol. The van der Waals surface area contributed by atoms with Crippen molar-refractivity contribution in [2.24, 2.45) is 10.7 Å². The maximum Gasteiger partial charge on any atom is 0.0946 e. The molecular weight excluding hydrogens is 464 g/mol. The van der Waals surface area contributed by atoms with Crippen molar-refractivity contribution >= 4 is 22.9 Å². The van der Waals surface area contributed by atoms with Crippen LogP contribution < -0.4 is 5.73 Å². The SMILES string of the molecule is C=C=C(C)c1cc(/C=N/C2CC(N3CCN(C)CC3)=CC=C2N)ccc1C(=C)/C=C(\C)c1cccc(C)c1. The Morgan fingerprint density at radius 2 is 1.82 bits per heavy atom. The van der Waals surface area contributed by atoms with Crippen LogP contribution in [0.1, 0.15) is 48.1 Å². The van der Waals surface area contributed by atoms with Crippen LogP contribution in [0.3, 0.4) is 0 Å². The smallest absolute Gasteiger partial charge is 0.0946 e. The van der Waals surface area contributed by atoms with Crippen molar-refractivity contribution in [1.29, 1.82) is 0 Å². The summed E-state index contributed by atoms with van der Waals surface area (Å²) < 4.78 is 0. The highest BCUT2D eigenvalue weighted by molar-refractivity contribution is 5.90. The Kier molecular flexibility index (Phi) is 8.68. The number of hydrogen-bond acceptors (Lipinski definition) is 4. The molecule has 2 aliphatic rings. The Labute approximate surface area is 228 Å². The van der Waals surface area contributed by atoms with Crippen molar-refractivity contribution in [3.63, 3.8) is 0 Å². The Bertz CT molecular complexity index is 1370. The summed E-state index contributed by atoms with van der Waals surface area (Å²) in [5.74, 6) is 0. The summed E-state index contributed by atoms with van der Waals surface area (Å²) in [5.41, 5.74) is 20.3. The minimum absolute atomic E-state index is 0.0521. The summed E-state index contributed by atoms with van der Waals surface area (Å²) in [6.07, 6.45) is 9.11. The fraction of sp³-hybridized carbons (Fsp3) is 0.294. The Hall–Kier alpha value is -3.85. The van der Waals surface area contributed by atoms with Crippen LogP contribution in [0.2, 0.25) is 0 Å². The first-order valence-corrected chi connectivity index (χ1v) is 13.3. The number of rotatable bonds is 7. The fourth-order valence-electron chi connectivity index (χ4n) is 4.97. The summed E-state index contributed by atoms with van der Waals surface area (Å²) in [6.45, 7) is 18.8. The van der Waals surface area contributed by atoms with Gasteiger partial charge in [0, 0.05) is 50.2 Å². The largest absolute Gasteiger partial charge is 0.400 e. The molecule has 2 aromatic rings. The van der Waals surface area contributed by atoms with E-state index in [9.17, 15) is 0 Å². The number of piperazine rings is 1. The van der Waals surface area contributed by atoms with Gasteiger partial charge in [-0.05, 0) is 85.0 Å². The highest BCUT2D eigenvalue weighted by Gasteiger charge is 2.22. The van der Waals surface area contributed by atoms with Crippen molar-refractivity contribution in [1.82, 2.24) is 9.80 Å². The van der Waals surface area contributed by atoms with E-state index in [1.54, 1.807) is 0 Å². The number of allylic oxidation sites excluding steroid dienone is 6. The highest BCUT2D eigenvalue weighted by atomic mass is 15.3. The molecule has 2 N–H and O–H groups in total. The minimum atomic E-state index is -0.0521. The zero-order chi connectivity index (χ0) is 27.2. The zero-order valence-electron chi connectivity index (χ0n) is 23.3. The molecule has 4 nitrogen and oxygen atoms in total. The molecule has 1 heterocycles. The van der Waals surface area contributed by atoms with Gasteiger partial charge in [-0.1, -0.05) is 61.2 Å². The maximum absolute atomic E-state index is 6.36. The van der Waals surface area contributed by atoms with Gasteiger partial charge in [-0.3, -0.25) is 4.99 Å². The first-order valence-electron chi connectivity index (χ1n) is 13.3. The second-order valence-electron chi connectivity index (χ2n) is 10.4. The number of likely N-dealkylation sites (N-methyl/N-ethyl adjacent to an activating group) is 1. The van der Waals surface area contributed by atoms with Crippen LogP contribution in [0, 0.1) is 6.92 Å². The van der Waals surface area contributed by atoms with Crippen LogP contribution in [-0.2, 0) is 0 Å². The number of benzene rings is 2. The summed E-state index contributed by atoms with van der Waals surface area (Å²) in [5, 5.41) is 0. The van der Waals surface area contributed by atoms with Gasteiger partial charge in [0.15, 0.2) is 0 Å². The molecule has 0 aromatic heterocycles. The standard InChI is InChI=1S/C34H40N4/c1-7-25(3)32-21-28(11-13-31(32)27(5)20-26(4)29-10-8-9-24(2)19-29)23-36-34-22-30(12-14-33(34)35)38-17-15-37(6)16-18-38/h8-14,19-21,23,34H,1,5,15-18,22,35H2,2-4,6H3/b26-20+,36-23+. The normalized spacial score (nSPS) is 18.7. The average molecular weight is 505 g/mol. The van der Waals surface area contributed by atoms with Gasteiger partial charge < -0.3 is 15.5 Å². The van der Waals surface area contributed by atoms with Crippen molar-refractivity contribution in [2.75, 3.05) is 33.2 Å². The molecule has 1 saturated heterocycles. The van der Waals surface area contributed by atoms with E-state index in [1.807, 2.05) is 19.2 Å². The van der Waals surface area contributed by atoms with Crippen molar-refractivity contribution < 1.29 is 0 Å². The monoisotopic (exact) mass is 504 g/mol. The molecule has 0 bridgehead atoms. The number of nitrogens with two attached hydrogens (primary N) is 1. The Morgan fingerprint density at radius 1 is 1.05 bits per heavy atom. The third-order valence-corrected chi connectivity index (χ3v) is 7.49. The Morgan fingerprint density at radius 3 is 2.53 bits per heavy atom. The second-order valence-corrected chi connectivity index (χ2v) is 10.4. The van der Waals surface area contributed by atoms with Crippen LogP contribution in [0.4, 0.5) is 0 Å².